The van der Waals surface area contributed by atoms with Crippen LogP contribution in [0.2, 0.25) is 0 Å². The summed E-state index contributed by atoms with van der Waals surface area (Å²) >= 11 is 0. The fraction of sp³-hybridized carbons (Fsp3) is 0.667. The van der Waals surface area contributed by atoms with Crippen molar-refractivity contribution in [3.05, 3.63) is 0 Å². The Bertz CT molecular complexity index is 461. The summed E-state index contributed by atoms with van der Waals surface area (Å²) in [5.74, 6) is -5.36. The largest absolute Gasteiger partial charge is 3.00 e. The maximum absolute atomic E-state index is 10.5. The van der Waals surface area contributed by atoms with E-state index in [-0.39, 0.29) is 57.5 Å². The topological polar surface area (TPSA) is 172 Å². The number of carbonyl (C=O) groups excluding carboxylic acids is 6. The number of aliphatic carboxylic acids is 3. The van der Waals surface area contributed by atoms with Crippen molar-refractivity contribution in [3.63, 3.8) is 0 Å². The van der Waals surface area contributed by atoms with Gasteiger partial charge in [-0.1, -0.05) is 41.5 Å². The fourth-order valence-electron chi connectivity index (χ4n) is 1.04. The predicted molar refractivity (Wildman–Crippen MR) is 88.4 cm³/mol. The van der Waals surface area contributed by atoms with Crippen LogP contribution in [0.1, 0.15) is 60.8 Å². The van der Waals surface area contributed by atoms with E-state index in [2.05, 4.69) is 0 Å². The van der Waals surface area contributed by atoms with E-state index in [1.165, 1.54) is 0 Å². The summed E-state index contributed by atoms with van der Waals surface area (Å²) in [5.41, 5.74) is 0. The van der Waals surface area contributed by atoms with Gasteiger partial charge in [0.2, 0.25) is 0 Å². The number of carboxylic acid groups (broad SMARTS) is 3. The molecule has 0 aromatic rings. The van der Waals surface area contributed by atoms with E-state index >= 15 is 0 Å². The molecule has 0 spiro atoms. The summed E-state index contributed by atoms with van der Waals surface area (Å²) in [7, 11) is 0. The Morgan fingerprint density at radius 1 is 0.500 bits per heavy atom. The van der Waals surface area contributed by atoms with E-state index in [0.717, 1.165) is 0 Å². The summed E-state index contributed by atoms with van der Waals surface area (Å²) in [5, 5.41) is 29.3. The smallest absolute Gasteiger partial charge is 0.550 e. The Balaban J connectivity index is -0.000000152. The van der Waals surface area contributed by atoms with Gasteiger partial charge in [-0.3, -0.25) is 14.4 Å². The normalized spacial score (nSPS) is 9.32. The number of carbonyl (C=O) groups is 6. The maximum atomic E-state index is 10.5. The van der Waals surface area contributed by atoms with Crippen LogP contribution in [0.25, 0.3) is 0 Å². The molecule has 0 aliphatic carbocycles. The average molecular weight is 584 g/mol. The molecule has 0 fully saturated rings. The van der Waals surface area contributed by atoms with Crippen molar-refractivity contribution in [2.24, 2.45) is 17.8 Å². The Hall–Kier alpha value is -1.84. The zero-order chi connectivity index (χ0) is 22.3. The first-order valence-corrected chi connectivity index (χ1v) is 8.29. The Labute approximate surface area is 180 Å². The Kier molecular flexibility index (Phi) is 22.3. The Morgan fingerprint density at radius 2 is 0.643 bits per heavy atom. The van der Waals surface area contributed by atoms with Crippen molar-refractivity contribution in [1.82, 2.24) is 0 Å². The van der Waals surface area contributed by atoms with E-state index in [1.54, 1.807) is 41.5 Å². The van der Waals surface area contributed by atoms with Gasteiger partial charge in [0.15, 0.2) is 0 Å². The molecular weight excluding hydrogens is 557 g/mol. The molecule has 0 saturated carbocycles. The second-order valence-electron chi connectivity index (χ2n) is 6.51. The van der Waals surface area contributed by atoms with Gasteiger partial charge >= 0.3 is 22.4 Å². The average Bonchev–Trinajstić information content (AvgIpc) is 2.46. The molecule has 10 heteroatoms. The molecule has 0 aliphatic rings. The minimum atomic E-state index is -1.30. The van der Waals surface area contributed by atoms with E-state index in [4.69, 9.17) is 0 Å². The van der Waals surface area contributed by atoms with Crippen LogP contribution in [-0.2, 0) is 51.1 Å². The number of carboxylic acids is 3. The van der Waals surface area contributed by atoms with Crippen molar-refractivity contribution < 1.29 is 66.5 Å². The summed E-state index contributed by atoms with van der Waals surface area (Å²) in [6.07, 6.45) is -1.38. The van der Waals surface area contributed by atoms with Gasteiger partial charge in [0.1, 0.15) is 17.3 Å². The summed E-state index contributed by atoms with van der Waals surface area (Å²) in [6.45, 7) is 9.95. The first-order chi connectivity index (χ1) is 12.1. The molecule has 28 heavy (non-hydrogen) atoms. The summed E-state index contributed by atoms with van der Waals surface area (Å²) in [6, 6.07) is 0. The van der Waals surface area contributed by atoms with Gasteiger partial charge in [-0.15, -0.1) is 0 Å². The third-order valence-electron chi connectivity index (χ3n) is 2.89. The van der Waals surface area contributed by atoms with E-state index in [1.807, 2.05) is 0 Å². The van der Waals surface area contributed by atoms with Gasteiger partial charge in [0, 0.05) is 54.9 Å². The zero-order valence-corrected chi connectivity index (χ0v) is 19.0. The molecule has 0 N–H and O–H groups in total. The molecule has 0 heterocycles. The molecule has 0 bridgehead atoms. The number of rotatable bonds is 9. The van der Waals surface area contributed by atoms with Crippen LogP contribution in [-0.4, -0.2) is 35.3 Å². The third kappa shape index (κ3) is 26.4. The van der Waals surface area contributed by atoms with Gasteiger partial charge in [-0.25, -0.2) is 0 Å². The molecule has 0 amide bonds. The van der Waals surface area contributed by atoms with Gasteiger partial charge in [0.05, 0.1) is 0 Å². The molecule has 0 radical (unpaired) electrons. The van der Waals surface area contributed by atoms with Gasteiger partial charge in [-0.2, -0.15) is 0 Å². The van der Waals surface area contributed by atoms with Crippen molar-refractivity contribution in [2.75, 3.05) is 0 Å². The van der Waals surface area contributed by atoms with Gasteiger partial charge in [-0.05, 0) is 0 Å². The predicted octanol–water partition coefficient (Wildman–Crippen LogP) is -1.95. The van der Waals surface area contributed by atoms with Crippen molar-refractivity contribution in [1.29, 1.82) is 0 Å². The molecule has 0 rings (SSSR count). The molecule has 164 valence electrons. The monoisotopic (exact) mass is 584 g/mol. The van der Waals surface area contributed by atoms with Gasteiger partial charge in [0.25, 0.3) is 0 Å². The number of ketones is 3. The summed E-state index contributed by atoms with van der Waals surface area (Å²) < 4.78 is 0. The number of hydrogen-bond acceptors (Lipinski definition) is 9. The van der Waals surface area contributed by atoms with Gasteiger partial charge < -0.3 is 29.7 Å². The molecule has 0 aromatic heterocycles. The van der Waals surface area contributed by atoms with Crippen LogP contribution in [0, 0.1) is 17.8 Å². The van der Waals surface area contributed by atoms with Crippen molar-refractivity contribution >= 4 is 35.3 Å². The molecule has 0 aromatic carbocycles. The van der Waals surface area contributed by atoms with E-state index in [0.29, 0.717) is 0 Å². The maximum Gasteiger partial charge on any atom is 3.00 e. The van der Waals surface area contributed by atoms with Crippen LogP contribution >= 0.6 is 0 Å². The second-order valence-corrected chi connectivity index (χ2v) is 6.51. The second kappa shape index (κ2) is 18.5. The van der Waals surface area contributed by atoms with Crippen molar-refractivity contribution in [2.45, 2.75) is 60.8 Å². The SMILES string of the molecule is CC(C)C(=O)CC(=O)[O-].CC(C)C(=O)CC(=O)[O-].CC(C)C(=O)CC(=O)[O-].[Au+3]. The minimum Gasteiger partial charge on any atom is -0.550 e. The molecule has 0 atom stereocenters. The first kappa shape index (κ1) is 33.7. The van der Waals surface area contributed by atoms with Crippen LogP contribution in [0.4, 0.5) is 0 Å². The molecule has 0 saturated heterocycles. The minimum absolute atomic E-state index is 0. The molecule has 0 unspecified atom stereocenters. The van der Waals surface area contributed by atoms with Crippen LogP contribution in [0.15, 0.2) is 0 Å². The van der Waals surface area contributed by atoms with Crippen LogP contribution in [0.3, 0.4) is 0 Å². The van der Waals surface area contributed by atoms with E-state index < -0.39 is 37.2 Å². The fourth-order valence-corrected chi connectivity index (χ4v) is 1.04. The Morgan fingerprint density at radius 3 is 0.679 bits per heavy atom. The zero-order valence-electron chi connectivity index (χ0n) is 16.8. The summed E-state index contributed by atoms with van der Waals surface area (Å²) in [4.78, 5) is 60.9. The molecule has 9 nitrogen and oxygen atoms in total. The first-order valence-electron chi connectivity index (χ1n) is 8.29. The molecular formula is C18H27AuO9. The quantitative estimate of drug-likeness (QED) is 0.221. The van der Waals surface area contributed by atoms with Crippen molar-refractivity contribution in [3.8, 4) is 0 Å². The number of hydrogen-bond donors (Lipinski definition) is 0. The van der Waals surface area contributed by atoms with Crippen LogP contribution < -0.4 is 15.3 Å². The van der Waals surface area contributed by atoms with Crippen LogP contribution in [0.5, 0.6) is 0 Å². The number of Topliss-reactive ketones (excluding diaryl/α,β-unsaturated/α-hetero) is 3. The van der Waals surface area contributed by atoms with E-state index in [9.17, 15) is 44.1 Å². The third-order valence-corrected chi connectivity index (χ3v) is 2.89. The molecule has 0 aliphatic heterocycles. The standard InChI is InChI=1S/3C6H10O3.Au/c3*1-4(2)5(7)3-6(8)9;/h3*4H,3H2,1-2H3,(H,8,9);/q;;;+3/p-3.